The lowest BCUT2D eigenvalue weighted by molar-refractivity contribution is -0.143. The zero-order valence-electron chi connectivity index (χ0n) is 19.6. The summed E-state index contributed by atoms with van der Waals surface area (Å²) in [7, 11) is 0. The highest BCUT2D eigenvalue weighted by molar-refractivity contribution is 6.04. The first kappa shape index (κ1) is 24.5. The molecule has 2 aliphatic rings. The molecule has 3 aromatic carbocycles. The van der Waals surface area contributed by atoms with Gasteiger partial charge in [-0.05, 0) is 72.0 Å². The second kappa shape index (κ2) is 9.38. The van der Waals surface area contributed by atoms with Gasteiger partial charge < -0.3 is 15.3 Å². The van der Waals surface area contributed by atoms with Crippen LogP contribution in [0.4, 0.5) is 18.9 Å². The molecule has 0 radical (unpaired) electrons. The van der Waals surface area contributed by atoms with E-state index in [4.69, 9.17) is 0 Å². The summed E-state index contributed by atoms with van der Waals surface area (Å²) in [4.78, 5) is 38.9. The lowest BCUT2D eigenvalue weighted by atomic mass is 10.00. The summed E-state index contributed by atoms with van der Waals surface area (Å²) in [6.45, 7) is 0.401. The molecule has 1 aliphatic carbocycles. The quantitative estimate of drug-likeness (QED) is 0.454. The Kier molecular flexibility index (Phi) is 6.23. The van der Waals surface area contributed by atoms with Crippen LogP contribution in [0.1, 0.15) is 51.1 Å². The third-order valence-corrected chi connectivity index (χ3v) is 7.09. The summed E-state index contributed by atoms with van der Waals surface area (Å²) >= 11 is 0. The van der Waals surface area contributed by atoms with Crippen LogP contribution >= 0.6 is 0 Å². The molecule has 0 spiro atoms. The predicted molar refractivity (Wildman–Crippen MR) is 130 cm³/mol. The van der Waals surface area contributed by atoms with Crippen molar-refractivity contribution in [2.24, 2.45) is 5.92 Å². The van der Waals surface area contributed by atoms with E-state index >= 15 is 0 Å². The molecule has 0 unspecified atom stereocenters. The maximum absolute atomic E-state index is 13.1. The van der Waals surface area contributed by atoms with Gasteiger partial charge in [-0.15, -0.1) is 0 Å². The number of nitrogens with one attached hydrogen (secondary N) is 1. The van der Waals surface area contributed by atoms with E-state index in [0.717, 1.165) is 47.4 Å². The third-order valence-electron chi connectivity index (χ3n) is 7.09. The minimum atomic E-state index is -4.47. The third kappa shape index (κ3) is 4.81. The Balaban J connectivity index is 1.28. The van der Waals surface area contributed by atoms with Crippen molar-refractivity contribution in [2.75, 3.05) is 5.32 Å². The number of carboxylic acid groups (broad SMARTS) is 1. The van der Waals surface area contributed by atoms with Gasteiger partial charge in [-0.3, -0.25) is 14.4 Å². The van der Waals surface area contributed by atoms with Gasteiger partial charge in [-0.25, -0.2) is 0 Å². The maximum Gasteiger partial charge on any atom is 0.416 e. The number of carbonyl (C=O) groups excluding carboxylic acids is 2. The van der Waals surface area contributed by atoms with Gasteiger partial charge in [0, 0.05) is 29.4 Å². The number of hydrogen-bond acceptors (Lipinski definition) is 3. The minimum absolute atomic E-state index is 0.103. The van der Waals surface area contributed by atoms with Crippen molar-refractivity contribution in [3.8, 4) is 11.1 Å². The molecule has 1 heterocycles. The Morgan fingerprint density at radius 3 is 2.24 bits per heavy atom. The van der Waals surface area contributed by atoms with Crippen LogP contribution in [0, 0.1) is 5.92 Å². The number of alkyl halides is 3. The highest BCUT2D eigenvalue weighted by atomic mass is 19.4. The van der Waals surface area contributed by atoms with E-state index in [9.17, 15) is 32.7 Å². The van der Waals surface area contributed by atoms with E-state index in [-0.39, 0.29) is 17.5 Å². The first-order valence-electron chi connectivity index (χ1n) is 11.9. The largest absolute Gasteiger partial charge is 0.481 e. The number of amides is 2. The summed E-state index contributed by atoms with van der Waals surface area (Å²) in [6, 6.07) is 16.2. The van der Waals surface area contributed by atoms with Crippen molar-refractivity contribution in [2.45, 2.75) is 38.0 Å². The molecule has 190 valence electrons. The number of benzene rings is 3. The maximum atomic E-state index is 13.1. The SMILES string of the molecule is O=C(Nc1ccc(-c2ccc3c(c2)C(=O)N([C@@H]2CCC[C@@H]2C(=O)O)C3)cc1)c1ccc(C(F)(F)F)cc1. The Labute approximate surface area is 210 Å². The minimum Gasteiger partial charge on any atom is -0.481 e. The molecule has 37 heavy (non-hydrogen) atoms. The number of carbonyl (C=O) groups is 3. The van der Waals surface area contributed by atoms with E-state index in [1.807, 2.05) is 12.1 Å². The molecule has 0 aromatic heterocycles. The topological polar surface area (TPSA) is 86.7 Å². The number of nitrogens with zero attached hydrogens (tertiary/aromatic N) is 1. The average Bonchev–Trinajstić information content (AvgIpc) is 3.49. The molecule has 1 saturated carbocycles. The van der Waals surface area contributed by atoms with Gasteiger partial charge in [-0.1, -0.05) is 30.7 Å². The molecule has 0 bridgehead atoms. The molecule has 2 atom stereocenters. The lowest BCUT2D eigenvalue weighted by Crippen LogP contribution is -2.40. The van der Waals surface area contributed by atoms with Crippen molar-refractivity contribution in [3.05, 3.63) is 89.0 Å². The van der Waals surface area contributed by atoms with Gasteiger partial charge in [0.15, 0.2) is 0 Å². The summed E-state index contributed by atoms with van der Waals surface area (Å²) in [5, 5.41) is 12.2. The lowest BCUT2D eigenvalue weighted by Gasteiger charge is -2.27. The monoisotopic (exact) mass is 508 g/mol. The number of anilines is 1. The molecule has 1 fully saturated rings. The fourth-order valence-electron chi connectivity index (χ4n) is 5.13. The Morgan fingerprint density at radius 2 is 1.59 bits per heavy atom. The van der Waals surface area contributed by atoms with Crippen LogP contribution in [-0.2, 0) is 17.5 Å². The van der Waals surface area contributed by atoms with Crippen molar-refractivity contribution in [1.29, 1.82) is 0 Å². The normalized spacial score (nSPS) is 19.1. The second-order valence-corrected chi connectivity index (χ2v) is 9.35. The summed E-state index contributed by atoms with van der Waals surface area (Å²) in [6.07, 6.45) is -2.42. The van der Waals surface area contributed by atoms with Crippen LogP contribution in [0.5, 0.6) is 0 Å². The molecule has 5 rings (SSSR count). The Morgan fingerprint density at radius 1 is 0.919 bits per heavy atom. The van der Waals surface area contributed by atoms with E-state index in [2.05, 4.69) is 5.32 Å². The Hall–Kier alpha value is -4.14. The first-order valence-corrected chi connectivity index (χ1v) is 11.9. The molecule has 2 N–H and O–H groups in total. The molecule has 2 amide bonds. The predicted octanol–water partition coefficient (Wildman–Crippen LogP) is 5.83. The van der Waals surface area contributed by atoms with Crippen LogP contribution in [0.25, 0.3) is 11.1 Å². The number of carboxylic acids is 1. The molecule has 1 aliphatic heterocycles. The zero-order valence-corrected chi connectivity index (χ0v) is 19.6. The van der Waals surface area contributed by atoms with Crippen LogP contribution < -0.4 is 5.32 Å². The van der Waals surface area contributed by atoms with E-state index < -0.39 is 29.5 Å². The summed E-state index contributed by atoms with van der Waals surface area (Å²) < 4.78 is 38.2. The van der Waals surface area contributed by atoms with Gasteiger partial charge >= 0.3 is 12.1 Å². The number of fused-ring (bicyclic) bond motifs is 1. The van der Waals surface area contributed by atoms with Gasteiger partial charge in [-0.2, -0.15) is 13.2 Å². The van der Waals surface area contributed by atoms with Crippen molar-refractivity contribution < 1.29 is 32.7 Å². The highest BCUT2D eigenvalue weighted by Gasteiger charge is 2.42. The molecular weight excluding hydrogens is 485 g/mol. The number of aliphatic carboxylic acids is 1. The van der Waals surface area contributed by atoms with Crippen molar-refractivity contribution >= 4 is 23.5 Å². The van der Waals surface area contributed by atoms with Crippen LogP contribution in [0.3, 0.4) is 0 Å². The summed E-state index contributed by atoms with van der Waals surface area (Å²) in [5.74, 6) is -2.09. The average molecular weight is 508 g/mol. The standard InChI is InChI=1S/C28H23F3N2O4/c29-28(30,31)20-10-6-17(7-11-20)25(34)32-21-12-8-16(9-13-21)18-4-5-19-15-33(26(35)23(19)14-18)24-3-1-2-22(24)27(36)37/h4-14,22,24H,1-3,15H2,(H,32,34)(H,36,37)/t22-,24+/m0/s1. The second-order valence-electron chi connectivity index (χ2n) is 9.35. The molecular formula is C28H23F3N2O4. The van der Waals surface area contributed by atoms with E-state index in [1.54, 1.807) is 35.2 Å². The van der Waals surface area contributed by atoms with E-state index in [1.165, 1.54) is 0 Å². The highest BCUT2D eigenvalue weighted by Crippen LogP contribution is 2.37. The van der Waals surface area contributed by atoms with Crippen molar-refractivity contribution in [3.63, 3.8) is 0 Å². The fourth-order valence-corrected chi connectivity index (χ4v) is 5.13. The van der Waals surface area contributed by atoms with Gasteiger partial charge in [0.25, 0.3) is 11.8 Å². The Bertz CT molecular complexity index is 1370. The molecule has 9 heteroatoms. The van der Waals surface area contributed by atoms with Crippen LogP contribution in [-0.4, -0.2) is 33.8 Å². The van der Waals surface area contributed by atoms with E-state index in [0.29, 0.717) is 30.6 Å². The number of hydrogen-bond donors (Lipinski definition) is 2. The van der Waals surface area contributed by atoms with Crippen LogP contribution in [0.15, 0.2) is 66.7 Å². The molecule has 6 nitrogen and oxygen atoms in total. The molecule has 3 aromatic rings. The smallest absolute Gasteiger partial charge is 0.416 e. The van der Waals surface area contributed by atoms with Gasteiger partial charge in [0.2, 0.25) is 0 Å². The zero-order chi connectivity index (χ0) is 26.3. The number of halogens is 3. The molecule has 0 saturated heterocycles. The van der Waals surface area contributed by atoms with Gasteiger partial charge in [0.1, 0.15) is 0 Å². The van der Waals surface area contributed by atoms with Crippen LogP contribution in [0.2, 0.25) is 0 Å². The first-order chi connectivity index (χ1) is 17.6. The van der Waals surface area contributed by atoms with Gasteiger partial charge in [0.05, 0.1) is 11.5 Å². The summed E-state index contributed by atoms with van der Waals surface area (Å²) in [5.41, 5.74) is 2.79. The number of rotatable bonds is 5. The van der Waals surface area contributed by atoms with Crippen molar-refractivity contribution in [1.82, 2.24) is 4.90 Å². The fraction of sp³-hybridized carbons (Fsp3) is 0.250.